The molecular weight excluding hydrogens is 250 g/mol. The first-order chi connectivity index (χ1) is 8.22. The maximum absolute atomic E-state index is 12.1. The minimum Gasteiger partial charge on any atom is -0.365 e. The number of nitrogens with two attached hydrogens (primary N) is 1. The average Bonchev–Trinajstić information content (AvgIpc) is 2.76. The quantitative estimate of drug-likeness (QED) is 0.787. The van der Waals surface area contributed by atoms with Gasteiger partial charge >= 0.3 is 0 Å². The highest BCUT2D eigenvalue weighted by molar-refractivity contribution is 5.95. The second-order valence-corrected chi connectivity index (χ2v) is 4.88. The van der Waals surface area contributed by atoms with Crippen molar-refractivity contribution in [3.05, 3.63) is 23.5 Å². The van der Waals surface area contributed by atoms with E-state index in [4.69, 9.17) is 5.73 Å². The summed E-state index contributed by atoms with van der Waals surface area (Å²) in [4.78, 5) is 15.1. The van der Waals surface area contributed by atoms with Crippen LogP contribution in [0.25, 0.3) is 0 Å². The lowest BCUT2D eigenvalue weighted by atomic mass is 9.84. The van der Waals surface area contributed by atoms with E-state index in [9.17, 15) is 4.79 Å². The molecule has 1 aliphatic carbocycles. The van der Waals surface area contributed by atoms with E-state index in [2.05, 4.69) is 10.3 Å². The van der Waals surface area contributed by atoms with Gasteiger partial charge in [0.1, 0.15) is 0 Å². The summed E-state index contributed by atoms with van der Waals surface area (Å²) < 4.78 is 0. The minimum absolute atomic E-state index is 0. The number of carbonyl (C=O) groups excluding carboxylic acids is 1. The Morgan fingerprint density at radius 1 is 1.50 bits per heavy atom. The third kappa shape index (κ3) is 3.27. The van der Waals surface area contributed by atoms with Crippen LogP contribution in [0.3, 0.4) is 0 Å². The Hall–Kier alpha value is -1.00. The molecule has 2 unspecified atom stereocenters. The fourth-order valence-corrected chi connectivity index (χ4v) is 2.62. The number of nitrogens with one attached hydrogen (secondary N) is 2. The van der Waals surface area contributed by atoms with Crippen molar-refractivity contribution in [2.24, 2.45) is 11.7 Å². The Bertz CT molecular complexity index is 391. The molecule has 4 nitrogen and oxygen atoms in total. The lowest BCUT2D eigenvalue weighted by Gasteiger charge is -2.31. The summed E-state index contributed by atoms with van der Waals surface area (Å²) in [6.45, 7) is 2.58. The molecule has 1 amide bonds. The van der Waals surface area contributed by atoms with Gasteiger partial charge in [0.05, 0.1) is 5.56 Å². The summed E-state index contributed by atoms with van der Waals surface area (Å²) in [7, 11) is 0. The van der Waals surface area contributed by atoms with Crippen LogP contribution in [-0.2, 0) is 0 Å². The largest absolute Gasteiger partial charge is 0.365 e. The number of aryl methyl sites for hydroxylation is 1. The Balaban J connectivity index is 0.00000162. The van der Waals surface area contributed by atoms with Crippen molar-refractivity contribution in [3.8, 4) is 0 Å². The first-order valence-electron chi connectivity index (χ1n) is 6.37. The van der Waals surface area contributed by atoms with Crippen LogP contribution in [0.1, 0.15) is 41.7 Å². The van der Waals surface area contributed by atoms with E-state index in [0.29, 0.717) is 12.5 Å². The van der Waals surface area contributed by atoms with Crippen LogP contribution in [0.4, 0.5) is 0 Å². The summed E-state index contributed by atoms with van der Waals surface area (Å²) in [6.07, 6.45) is 6.40. The maximum atomic E-state index is 12.1. The molecule has 0 aliphatic heterocycles. The molecular formula is C13H22ClN3O. The molecule has 1 aromatic rings. The van der Waals surface area contributed by atoms with Crippen molar-refractivity contribution < 1.29 is 4.79 Å². The zero-order valence-corrected chi connectivity index (χ0v) is 11.6. The van der Waals surface area contributed by atoms with Gasteiger partial charge in [0.2, 0.25) is 0 Å². The third-order valence-electron chi connectivity index (χ3n) is 3.73. The molecule has 1 fully saturated rings. The average molecular weight is 272 g/mol. The van der Waals surface area contributed by atoms with E-state index in [-0.39, 0.29) is 24.4 Å². The summed E-state index contributed by atoms with van der Waals surface area (Å²) in [5, 5.41) is 3.12. The van der Waals surface area contributed by atoms with Crippen molar-refractivity contribution in [2.45, 2.75) is 38.6 Å². The molecule has 0 bridgehead atoms. The number of H-pyrrole nitrogens is 1. The fourth-order valence-electron chi connectivity index (χ4n) is 2.62. The molecule has 0 aromatic carbocycles. The first-order valence-corrected chi connectivity index (χ1v) is 6.37. The van der Waals surface area contributed by atoms with E-state index in [1.54, 1.807) is 6.20 Å². The predicted molar refractivity (Wildman–Crippen MR) is 75.0 cm³/mol. The Labute approximate surface area is 114 Å². The fraction of sp³-hybridized carbons (Fsp3) is 0.615. The van der Waals surface area contributed by atoms with Gasteiger partial charge in [-0.25, -0.2) is 0 Å². The van der Waals surface area contributed by atoms with Crippen molar-refractivity contribution >= 4 is 18.3 Å². The molecule has 0 spiro atoms. The van der Waals surface area contributed by atoms with Crippen LogP contribution in [0.5, 0.6) is 0 Å². The van der Waals surface area contributed by atoms with Gasteiger partial charge in [0, 0.05) is 17.9 Å². The van der Waals surface area contributed by atoms with Crippen LogP contribution >= 0.6 is 12.4 Å². The maximum Gasteiger partial charge on any atom is 0.253 e. The van der Waals surface area contributed by atoms with E-state index in [1.165, 1.54) is 12.8 Å². The van der Waals surface area contributed by atoms with Crippen LogP contribution in [-0.4, -0.2) is 23.5 Å². The van der Waals surface area contributed by atoms with Crippen LogP contribution in [0.2, 0.25) is 0 Å². The Morgan fingerprint density at radius 2 is 2.22 bits per heavy atom. The minimum atomic E-state index is 0. The SMILES string of the molecule is Cc1[nH]ccc1C(=O)NC1CCCCC1CN.Cl. The number of amides is 1. The number of halogens is 1. The summed E-state index contributed by atoms with van der Waals surface area (Å²) >= 11 is 0. The van der Waals surface area contributed by atoms with E-state index < -0.39 is 0 Å². The first kappa shape index (κ1) is 15.1. The summed E-state index contributed by atoms with van der Waals surface area (Å²) in [5.74, 6) is 0.459. The molecule has 0 radical (unpaired) electrons. The Kier molecular flexibility index (Phi) is 5.69. The standard InChI is InChI=1S/C13H21N3O.ClH/c1-9-11(6-7-15-9)13(17)16-12-5-3-2-4-10(12)8-14;/h6-7,10,12,15H,2-5,8,14H2,1H3,(H,16,17);1H. The number of rotatable bonds is 3. The number of aromatic nitrogens is 1. The topological polar surface area (TPSA) is 70.9 Å². The zero-order chi connectivity index (χ0) is 12.3. The molecule has 1 aromatic heterocycles. The van der Waals surface area contributed by atoms with Gasteiger partial charge in [0.25, 0.3) is 5.91 Å². The van der Waals surface area contributed by atoms with Gasteiger partial charge in [-0.2, -0.15) is 0 Å². The summed E-state index contributed by atoms with van der Waals surface area (Å²) in [6, 6.07) is 2.07. The highest BCUT2D eigenvalue weighted by Gasteiger charge is 2.26. The lowest BCUT2D eigenvalue weighted by Crippen LogP contribution is -2.44. The van der Waals surface area contributed by atoms with Gasteiger partial charge < -0.3 is 16.0 Å². The van der Waals surface area contributed by atoms with Gasteiger partial charge in [-0.05, 0) is 38.3 Å². The van der Waals surface area contributed by atoms with Gasteiger partial charge in [-0.15, -0.1) is 12.4 Å². The Morgan fingerprint density at radius 3 is 2.83 bits per heavy atom. The van der Waals surface area contributed by atoms with Crippen molar-refractivity contribution in [1.29, 1.82) is 0 Å². The molecule has 18 heavy (non-hydrogen) atoms. The molecule has 1 saturated carbocycles. The smallest absolute Gasteiger partial charge is 0.253 e. The van der Waals surface area contributed by atoms with E-state index in [1.807, 2.05) is 13.0 Å². The summed E-state index contributed by atoms with van der Waals surface area (Å²) in [5.41, 5.74) is 7.42. The number of hydrogen-bond donors (Lipinski definition) is 3. The molecule has 2 rings (SSSR count). The molecule has 1 aliphatic rings. The van der Waals surface area contributed by atoms with Crippen LogP contribution < -0.4 is 11.1 Å². The zero-order valence-electron chi connectivity index (χ0n) is 10.7. The third-order valence-corrected chi connectivity index (χ3v) is 3.73. The van der Waals surface area contributed by atoms with Crippen LogP contribution in [0.15, 0.2) is 12.3 Å². The molecule has 5 heteroatoms. The second-order valence-electron chi connectivity index (χ2n) is 4.88. The number of hydrogen-bond acceptors (Lipinski definition) is 2. The number of carbonyl (C=O) groups is 1. The number of aromatic amines is 1. The predicted octanol–water partition coefficient (Wildman–Crippen LogP) is 1.99. The van der Waals surface area contributed by atoms with E-state index in [0.717, 1.165) is 24.1 Å². The van der Waals surface area contributed by atoms with Crippen molar-refractivity contribution in [2.75, 3.05) is 6.54 Å². The normalized spacial score (nSPS) is 23.2. The molecule has 2 atom stereocenters. The molecule has 0 saturated heterocycles. The molecule has 102 valence electrons. The van der Waals surface area contributed by atoms with Gasteiger partial charge in [-0.1, -0.05) is 12.8 Å². The molecule has 1 heterocycles. The van der Waals surface area contributed by atoms with Crippen molar-refractivity contribution in [1.82, 2.24) is 10.3 Å². The highest BCUT2D eigenvalue weighted by Crippen LogP contribution is 2.23. The molecule has 4 N–H and O–H groups in total. The van der Waals surface area contributed by atoms with Crippen molar-refractivity contribution in [3.63, 3.8) is 0 Å². The van der Waals surface area contributed by atoms with Gasteiger partial charge in [-0.3, -0.25) is 4.79 Å². The monoisotopic (exact) mass is 271 g/mol. The van der Waals surface area contributed by atoms with Crippen LogP contribution in [0, 0.1) is 12.8 Å². The lowest BCUT2D eigenvalue weighted by molar-refractivity contribution is 0.0907. The second kappa shape index (κ2) is 6.81. The van der Waals surface area contributed by atoms with E-state index >= 15 is 0 Å². The van der Waals surface area contributed by atoms with Gasteiger partial charge in [0.15, 0.2) is 0 Å². The highest BCUT2D eigenvalue weighted by atomic mass is 35.5.